The minimum Gasteiger partial charge on any atom is -0.508 e. The van der Waals surface area contributed by atoms with Gasteiger partial charge in [0.1, 0.15) is 19.0 Å². The Bertz CT molecular complexity index is 367. The van der Waals surface area contributed by atoms with Crippen LogP contribution in [0.4, 0.5) is 0 Å². The zero-order valence-corrected chi connectivity index (χ0v) is 10.2. The van der Waals surface area contributed by atoms with E-state index in [2.05, 4.69) is 0 Å². The van der Waals surface area contributed by atoms with Gasteiger partial charge in [-0.1, -0.05) is 6.92 Å². The van der Waals surface area contributed by atoms with E-state index in [1.165, 1.54) is 0 Å². The summed E-state index contributed by atoms with van der Waals surface area (Å²) in [5.74, 6) is 0.782. The quantitative estimate of drug-likeness (QED) is 0.810. The highest BCUT2D eigenvalue weighted by atomic mass is 35.5. The molecule has 5 nitrogen and oxygen atoms in total. The lowest BCUT2D eigenvalue weighted by Crippen LogP contribution is -2.14. The van der Waals surface area contributed by atoms with Crippen molar-refractivity contribution in [2.75, 3.05) is 13.2 Å². The number of benzene rings is 1. The van der Waals surface area contributed by atoms with Crippen molar-refractivity contribution in [3.8, 4) is 17.2 Å². The van der Waals surface area contributed by atoms with Gasteiger partial charge < -0.3 is 19.7 Å². The maximum absolute atomic E-state index is 9.37. The van der Waals surface area contributed by atoms with E-state index in [0.29, 0.717) is 24.7 Å². The number of aliphatic carboxylic acids is 1. The van der Waals surface area contributed by atoms with Gasteiger partial charge in [-0.2, -0.15) is 0 Å². The van der Waals surface area contributed by atoms with E-state index in [1.54, 1.807) is 25.1 Å². The molecule has 6 heteroatoms. The number of fused-ring (bicyclic) bond motifs is 1. The van der Waals surface area contributed by atoms with E-state index in [4.69, 9.17) is 19.7 Å². The standard InChI is InChI=1S/C8H8O3.C3H6O2.ClH/c9-6-1-2-7-8(5-6)11-4-3-10-7;1-2-3(4)5;/h1-2,5,9H,3-4H2;2H2,1H3,(H,4,5);1H. The second-order valence-corrected chi connectivity index (χ2v) is 3.08. The van der Waals surface area contributed by atoms with Gasteiger partial charge in [0, 0.05) is 12.5 Å². The van der Waals surface area contributed by atoms with Crippen LogP contribution in [-0.4, -0.2) is 29.4 Å². The number of rotatable bonds is 1. The average Bonchev–Trinajstić information content (AvgIpc) is 2.29. The highest BCUT2D eigenvalue weighted by Gasteiger charge is 2.10. The lowest BCUT2D eigenvalue weighted by Gasteiger charge is -2.17. The maximum atomic E-state index is 9.37. The predicted molar refractivity (Wildman–Crippen MR) is 64.3 cm³/mol. The van der Waals surface area contributed by atoms with Crippen molar-refractivity contribution in [1.82, 2.24) is 0 Å². The van der Waals surface area contributed by atoms with Crippen molar-refractivity contribution in [3.05, 3.63) is 18.2 Å². The number of carboxylic acid groups (broad SMARTS) is 1. The second-order valence-electron chi connectivity index (χ2n) is 3.08. The van der Waals surface area contributed by atoms with Crippen molar-refractivity contribution in [3.63, 3.8) is 0 Å². The van der Waals surface area contributed by atoms with Crippen LogP contribution >= 0.6 is 12.4 Å². The molecule has 0 atom stereocenters. The van der Waals surface area contributed by atoms with Crippen LogP contribution in [0.5, 0.6) is 17.2 Å². The number of hydrogen-bond acceptors (Lipinski definition) is 4. The third kappa shape index (κ3) is 5.31. The molecule has 0 amide bonds. The molecule has 2 rings (SSSR count). The summed E-state index contributed by atoms with van der Waals surface area (Å²) in [6.07, 6.45) is 0.222. The Balaban J connectivity index is 0.000000373. The Kier molecular flexibility index (Phi) is 6.89. The monoisotopic (exact) mass is 262 g/mol. The van der Waals surface area contributed by atoms with Crippen molar-refractivity contribution < 1.29 is 24.5 Å². The molecule has 0 bridgehead atoms. The van der Waals surface area contributed by atoms with Crippen LogP contribution < -0.4 is 9.47 Å². The number of carboxylic acids is 1. The van der Waals surface area contributed by atoms with Crippen LogP contribution in [-0.2, 0) is 4.79 Å². The van der Waals surface area contributed by atoms with Gasteiger partial charge in [0.05, 0.1) is 0 Å². The van der Waals surface area contributed by atoms with E-state index in [-0.39, 0.29) is 24.6 Å². The van der Waals surface area contributed by atoms with Gasteiger partial charge in [-0.05, 0) is 12.1 Å². The summed E-state index contributed by atoms with van der Waals surface area (Å²) < 4.78 is 10.5. The first-order valence-corrected chi connectivity index (χ1v) is 4.94. The molecular weight excluding hydrogens is 248 g/mol. The smallest absolute Gasteiger partial charge is 0.303 e. The number of halogens is 1. The van der Waals surface area contributed by atoms with Gasteiger partial charge in [-0.15, -0.1) is 12.4 Å². The molecule has 17 heavy (non-hydrogen) atoms. The van der Waals surface area contributed by atoms with Crippen LogP contribution in [0.1, 0.15) is 13.3 Å². The Morgan fingerprint density at radius 1 is 1.29 bits per heavy atom. The molecule has 0 aliphatic carbocycles. The summed E-state index contributed by atoms with van der Waals surface area (Å²) in [6.45, 7) is 2.73. The first-order chi connectivity index (χ1) is 7.63. The zero-order valence-electron chi connectivity index (χ0n) is 9.38. The molecule has 1 aliphatic rings. The summed E-state index contributed by atoms with van der Waals surface area (Å²) in [5.41, 5.74) is 0. The molecule has 0 saturated carbocycles. The summed E-state index contributed by atoms with van der Waals surface area (Å²) in [6, 6.07) is 4.83. The van der Waals surface area contributed by atoms with Crippen molar-refractivity contribution in [1.29, 1.82) is 0 Å². The number of aromatic hydroxyl groups is 1. The van der Waals surface area contributed by atoms with Gasteiger partial charge in [0.25, 0.3) is 0 Å². The highest BCUT2D eigenvalue weighted by molar-refractivity contribution is 5.85. The fourth-order valence-corrected chi connectivity index (χ4v) is 1.03. The number of phenolic OH excluding ortho intramolecular Hbond substituents is 1. The largest absolute Gasteiger partial charge is 0.508 e. The van der Waals surface area contributed by atoms with Crippen LogP contribution in [0.25, 0.3) is 0 Å². The lowest BCUT2D eigenvalue weighted by atomic mass is 10.3. The summed E-state index contributed by atoms with van der Waals surface area (Å²) in [7, 11) is 0. The van der Waals surface area contributed by atoms with E-state index in [9.17, 15) is 4.79 Å². The first-order valence-electron chi connectivity index (χ1n) is 4.94. The van der Waals surface area contributed by atoms with E-state index in [1.807, 2.05) is 0 Å². The molecule has 1 aromatic rings. The molecule has 0 aromatic heterocycles. The molecule has 1 heterocycles. The lowest BCUT2D eigenvalue weighted by molar-refractivity contribution is -0.136. The minimum absolute atomic E-state index is 0. The number of carbonyl (C=O) groups is 1. The average molecular weight is 263 g/mol. The Hall–Kier alpha value is -1.62. The molecule has 0 fully saturated rings. The second kappa shape index (κ2) is 7.62. The van der Waals surface area contributed by atoms with Crippen molar-refractivity contribution in [2.24, 2.45) is 0 Å². The Morgan fingerprint density at radius 2 is 1.82 bits per heavy atom. The molecule has 1 aromatic carbocycles. The summed E-state index contributed by atoms with van der Waals surface area (Å²) in [5, 5.41) is 16.8. The van der Waals surface area contributed by atoms with Gasteiger partial charge in [0.2, 0.25) is 0 Å². The van der Waals surface area contributed by atoms with Crippen LogP contribution in [0.2, 0.25) is 0 Å². The topological polar surface area (TPSA) is 76.0 Å². The normalized spacial score (nSPS) is 11.6. The molecule has 2 N–H and O–H groups in total. The van der Waals surface area contributed by atoms with Crippen LogP contribution in [0.15, 0.2) is 18.2 Å². The molecule has 0 radical (unpaired) electrons. The van der Waals surface area contributed by atoms with E-state index < -0.39 is 5.97 Å². The number of phenols is 1. The van der Waals surface area contributed by atoms with Crippen LogP contribution in [0.3, 0.4) is 0 Å². The number of ether oxygens (including phenoxy) is 2. The zero-order chi connectivity index (χ0) is 12.0. The molecular formula is C11H15ClO5. The highest BCUT2D eigenvalue weighted by Crippen LogP contribution is 2.32. The SMILES string of the molecule is CCC(=O)O.Cl.Oc1ccc2c(c1)OCCO2. The Labute approximate surface area is 105 Å². The molecule has 0 spiro atoms. The van der Waals surface area contributed by atoms with Gasteiger partial charge in [-0.3, -0.25) is 4.79 Å². The van der Waals surface area contributed by atoms with Crippen molar-refractivity contribution in [2.45, 2.75) is 13.3 Å². The molecule has 0 saturated heterocycles. The fraction of sp³-hybridized carbons (Fsp3) is 0.364. The molecule has 1 aliphatic heterocycles. The predicted octanol–water partition coefficient (Wildman–Crippen LogP) is 2.07. The fourth-order valence-electron chi connectivity index (χ4n) is 1.03. The molecule has 96 valence electrons. The van der Waals surface area contributed by atoms with Crippen LogP contribution in [0, 0.1) is 0 Å². The third-order valence-corrected chi connectivity index (χ3v) is 1.83. The van der Waals surface area contributed by atoms with Gasteiger partial charge in [0.15, 0.2) is 11.5 Å². The number of hydrogen-bond donors (Lipinski definition) is 2. The van der Waals surface area contributed by atoms with Gasteiger partial charge in [-0.25, -0.2) is 0 Å². The molecule has 0 unspecified atom stereocenters. The summed E-state index contributed by atoms with van der Waals surface area (Å²) >= 11 is 0. The van der Waals surface area contributed by atoms with Crippen molar-refractivity contribution >= 4 is 18.4 Å². The maximum Gasteiger partial charge on any atom is 0.303 e. The van der Waals surface area contributed by atoms with E-state index >= 15 is 0 Å². The summed E-state index contributed by atoms with van der Waals surface area (Å²) in [4.78, 5) is 9.37. The third-order valence-electron chi connectivity index (χ3n) is 1.83. The van der Waals surface area contributed by atoms with Gasteiger partial charge >= 0.3 is 5.97 Å². The first kappa shape index (κ1) is 15.4. The van der Waals surface area contributed by atoms with E-state index in [0.717, 1.165) is 0 Å². The Morgan fingerprint density at radius 3 is 2.35 bits per heavy atom. The minimum atomic E-state index is -0.745.